The van der Waals surface area contributed by atoms with Crippen molar-refractivity contribution in [2.45, 2.75) is 27.2 Å². The van der Waals surface area contributed by atoms with Crippen molar-refractivity contribution in [3.63, 3.8) is 0 Å². The van der Waals surface area contributed by atoms with Crippen LogP contribution in [0.4, 0.5) is 11.4 Å². The maximum absolute atomic E-state index is 12.4. The Labute approximate surface area is 160 Å². The molecular weight excluding hydrogens is 372 g/mol. The van der Waals surface area contributed by atoms with Crippen molar-refractivity contribution in [1.29, 1.82) is 0 Å². The molecule has 5 nitrogen and oxygen atoms in total. The number of nitrogens with zero attached hydrogens (tertiary/aromatic N) is 1. The van der Waals surface area contributed by atoms with Gasteiger partial charge in [0, 0.05) is 13.0 Å². The molecule has 26 heavy (non-hydrogen) atoms. The van der Waals surface area contributed by atoms with Crippen LogP contribution in [-0.2, 0) is 14.8 Å². The van der Waals surface area contributed by atoms with E-state index in [0.29, 0.717) is 16.4 Å². The second-order valence-electron chi connectivity index (χ2n) is 6.36. The summed E-state index contributed by atoms with van der Waals surface area (Å²) in [6.45, 7) is 5.68. The minimum Gasteiger partial charge on any atom is -0.324 e. The van der Waals surface area contributed by atoms with Crippen molar-refractivity contribution in [2.75, 3.05) is 22.4 Å². The Morgan fingerprint density at radius 1 is 1.12 bits per heavy atom. The molecule has 0 bridgehead atoms. The zero-order chi connectivity index (χ0) is 19.5. The molecule has 2 aromatic carbocycles. The average Bonchev–Trinajstić information content (AvgIpc) is 2.51. The van der Waals surface area contributed by atoms with Gasteiger partial charge in [0.25, 0.3) is 0 Å². The van der Waals surface area contributed by atoms with E-state index in [4.69, 9.17) is 11.6 Å². The summed E-state index contributed by atoms with van der Waals surface area (Å²) in [6, 6.07) is 10.9. The van der Waals surface area contributed by atoms with Crippen molar-refractivity contribution < 1.29 is 13.2 Å². The van der Waals surface area contributed by atoms with Gasteiger partial charge in [0.05, 0.1) is 22.7 Å². The van der Waals surface area contributed by atoms with E-state index in [1.807, 2.05) is 39.0 Å². The normalized spacial score (nSPS) is 11.3. The Bertz CT molecular complexity index is 903. The van der Waals surface area contributed by atoms with Crippen LogP contribution in [0.3, 0.4) is 0 Å². The Morgan fingerprint density at radius 3 is 2.35 bits per heavy atom. The third kappa shape index (κ3) is 4.99. The number of carbonyl (C=O) groups is 1. The number of sulfonamides is 1. The van der Waals surface area contributed by atoms with Gasteiger partial charge in [0.1, 0.15) is 0 Å². The fourth-order valence-corrected chi connectivity index (χ4v) is 4.14. The van der Waals surface area contributed by atoms with Crippen LogP contribution >= 0.6 is 11.6 Å². The molecule has 0 fully saturated rings. The fourth-order valence-electron chi connectivity index (χ4n) is 2.79. The van der Waals surface area contributed by atoms with E-state index < -0.39 is 10.0 Å². The minimum absolute atomic E-state index is 0.0189. The molecule has 0 aliphatic heterocycles. The smallest absolute Gasteiger partial charge is 0.232 e. The van der Waals surface area contributed by atoms with Gasteiger partial charge in [-0.3, -0.25) is 9.10 Å². The maximum atomic E-state index is 12.4. The van der Waals surface area contributed by atoms with Gasteiger partial charge in [-0.15, -0.1) is 0 Å². The van der Waals surface area contributed by atoms with Gasteiger partial charge in [-0.05, 0) is 49.6 Å². The van der Waals surface area contributed by atoms with E-state index in [9.17, 15) is 13.2 Å². The predicted octanol–water partition coefficient (Wildman–Crippen LogP) is 4.06. The first kappa shape index (κ1) is 20.3. The van der Waals surface area contributed by atoms with E-state index in [0.717, 1.165) is 22.9 Å². The molecule has 0 atom stereocenters. The molecule has 140 valence electrons. The van der Waals surface area contributed by atoms with Crippen LogP contribution in [0.5, 0.6) is 0 Å². The number of nitrogens with one attached hydrogen (secondary N) is 1. The van der Waals surface area contributed by atoms with E-state index in [1.54, 1.807) is 18.2 Å². The summed E-state index contributed by atoms with van der Waals surface area (Å²) in [7, 11) is -3.50. The molecule has 2 rings (SSSR count). The molecule has 0 aliphatic carbocycles. The number of halogens is 1. The van der Waals surface area contributed by atoms with Crippen molar-refractivity contribution in [3.05, 3.63) is 58.1 Å². The molecular formula is C19H23ClN2O3S. The first-order chi connectivity index (χ1) is 12.1. The first-order valence-corrected chi connectivity index (χ1v) is 10.4. The lowest BCUT2D eigenvalue weighted by molar-refractivity contribution is -0.116. The number of amides is 1. The van der Waals surface area contributed by atoms with E-state index in [-0.39, 0.29) is 18.9 Å². The van der Waals surface area contributed by atoms with Crippen molar-refractivity contribution in [1.82, 2.24) is 0 Å². The summed E-state index contributed by atoms with van der Waals surface area (Å²) in [6.07, 6.45) is 1.16. The summed E-state index contributed by atoms with van der Waals surface area (Å²) in [5, 5.41) is 3.25. The maximum Gasteiger partial charge on any atom is 0.232 e. The van der Waals surface area contributed by atoms with Gasteiger partial charge in [0.2, 0.25) is 15.9 Å². The van der Waals surface area contributed by atoms with E-state index in [1.165, 1.54) is 4.31 Å². The van der Waals surface area contributed by atoms with Crippen molar-refractivity contribution in [2.24, 2.45) is 0 Å². The number of aryl methyl sites for hydroxylation is 3. The van der Waals surface area contributed by atoms with Crippen molar-refractivity contribution in [3.8, 4) is 0 Å². The van der Waals surface area contributed by atoms with Crippen LogP contribution < -0.4 is 9.62 Å². The molecule has 0 heterocycles. The molecule has 0 aliphatic rings. The number of carbonyl (C=O) groups excluding carboxylic acids is 1. The molecule has 1 N–H and O–H groups in total. The summed E-state index contributed by atoms with van der Waals surface area (Å²) in [4.78, 5) is 12.4. The van der Waals surface area contributed by atoms with E-state index >= 15 is 0 Å². The number of hydrogen-bond acceptors (Lipinski definition) is 3. The lowest BCUT2D eigenvalue weighted by Gasteiger charge is -2.24. The molecule has 1 amide bonds. The Hall–Kier alpha value is -2.05. The topological polar surface area (TPSA) is 66.5 Å². The molecule has 0 spiro atoms. The van der Waals surface area contributed by atoms with Crippen LogP contribution in [0.15, 0.2) is 36.4 Å². The molecule has 7 heteroatoms. The molecule has 0 aromatic heterocycles. The molecule has 0 unspecified atom stereocenters. The molecule has 0 radical (unpaired) electrons. The van der Waals surface area contributed by atoms with E-state index in [2.05, 4.69) is 5.32 Å². The average molecular weight is 395 g/mol. The Morgan fingerprint density at radius 2 is 1.77 bits per heavy atom. The Kier molecular flexibility index (Phi) is 6.31. The lowest BCUT2D eigenvalue weighted by Crippen LogP contribution is -2.33. The Balaban J connectivity index is 2.15. The number of hydrogen-bond donors (Lipinski definition) is 1. The molecule has 0 saturated heterocycles. The van der Waals surface area contributed by atoms with Crippen LogP contribution in [-0.4, -0.2) is 27.1 Å². The van der Waals surface area contributed by atoms with Gasteiger partial charge in [-0.25, -0.2) is 8.42 Å². The highest BCUT2D eigenvalue weighted by Gasteiger charge is 2.20. The highest BCUT2D eigenvalue weighted by atomic mass is 35.5. The SMILES string of the molecule is Cc1cc(C)c(NC(=O)CCN(c2ccccc2C)S(C)(=O)=O)c(Cl)c1. The predicted molar refractivity (Wildman–Crippen MR) is 108 cm³/mol. The van der Waals surface area contributed by atoms with Gasteiger partial charge in [-0.1, -0.05) is 35.9 Å². The van der Waals surface area contributed by atoms with Gasteiger partial charge in [-0.2, -0.15) is 0 Å². The standard InChI is InChI=1S/C19H23ClN2O3S/c1-13-11-15(3)19(16(20)12-13)21-18(23)9-10-22(26(4,24)25)17-8-6-5-7-14(17)2/h5-8,11-12H,9-10H2,1-4H3,(H,21,23). The first-order valence-electron chi connectivity index (χ1n) is 8.19. The largest absolute Gasteiger partial charge is 0.324 e. The highest BCUT2D eigenvalue weighted by molar-refractivity contribution is 7.92. The molecule has 0 saturated carbocycles. The number of para-hydroxylation sites is 1. The monoisotopic (exact) mass is 394 g/mol. The van der Waals surface area contributed by atoms with Crippen LogP contribution in [0.2, 0.25) is 5.02 Å². The number of anilines is 2. The number of rotatable bonds is 6. The fraction of sp³-hybridized carbons (Fsp3) is 0.316. The summed E-state index contributed by atoms with van der Waals surface area (Å²) in [5.74, 6) is -0.291. The second-order valence-corrected chi connectivity index (χ2v) is 8.67. The quantitative estimate of drug-likeness (QED) is 0.803. The minimum atomic E-state index is -3.50. The summed E-state index contributed by atoms with van der Waals surface area (Å²) < 4.78 is 25.6. The van der Waals surface area contributed by atoms with Crippen LogP contribution in [0.25, 0.3) is 0 Å². The van der Waals surface area contributed by atoms with Crippen LogP contribution in [0.1, 0.15) is 23.1 Å². The zero-order valence-electron chi connectivity index (χ0n) is 15.3. The lowest BCUT2D eigenvalue weighted by atomic mass is 10.1. The highest BCUT2D eigenvalue weighted by Crippen LogP contribution is 2.28. The molecule has 2 aromatic rings. The summed E-state index contributed by atoms with van der Waals surface area (Å²) in [5.41, 5.74) is 3.84. The number of benzene rings is 2. The van der Waals surface area contributed by atoms with Gasteiger partial charge >= 0.3 is 0 Å². The summed E-state index contributed by atoms with van der Waals surface area (Å²) >= 11 is 6.21. The van der Waals surface area contributed by atoms with Crippen LogP contribution in [0, 0.1) is 20.8 Å². The van der Waals surface area contributed by atoms with Gasteiger partial charge < -0.3 is 5.32 Å². The third-order valence-electron chi connectivity index (χ3n) is 4.02. The van der Waals surface area contributed by atoms with Crippen molar-refractivity contribution >= 4 is 38.9 Å². The van der Waals surface area contributed by atoms with Gasteiger partial charge in [0.15, 0.2) is 0 Å². The second kappa shape index (κ2) is 8.10. The zero-order valence-corrected chi connectivity index (χ0v) is 16.9. The third-order valence-corrected chi connectivity index (χ3v) is 5.50.